The fourth-order valence-corrected chi connectivity index (χ4v) is 4.78. The predicted octanol–water partition coefficient (Wildman–Crippen LogP) is 3.02. The summed E-state index contributed by atoms with van der Waals surface area (Å²) in [6.07, 6.45) is 1.64. The third kappa shape index (κ3) is 4.96. The summed E-state index contributed by atoms with van der Waals surface area (Å²) in [6, 6.07) is 18.7. The van der Waals surface area contributed by atoms with Crippen LogP contribution in [-0.4, -0.2) is 50.4 Å². The Labute approximate surface area is 193 Å². The van der Waals surface area contributed by atoms with E-state index in [0.29, 0.717) is 48.8 Å². The molecular formula is C24H23N5O3S. The van der Waals surface area contributed by atoms with Gasteiger partial charge in [0.15, 0.2) is 0 Å². The normalized spacial score (nSPS) is 13.9. The molecule has 0 unspecified atom stereocenters. The molecule has 1 aromatic heterocycles. The second-order valence-electron chi connectivity index (χ2n) is 7.76. The summed E-state index contributed by atoms with van der Waals surface area (Å²) in [6.45, 7) is 3.87. The lowest BCUT2D eigenvalue weighted by Crippen LogP contribution is -2.49. The molecule has 0 bridgehead atoms. The Bertz CT molecular complexity index is 1310. The largest absolute Gasteiger partial charge is 0.352 e. The van der Waals surface area contributed by atoms with Crippen LogP contribution in [0, 0.1) is 18.3 Å². The van der Waals surface area contributed by atoms with E-state index in [1.54, 1.807) is 47.5 Å². The number of benzene rings is 2. The van der Waals surface area contributed by atoms with Gasteiger partial charge in [-0.1, -0.05) is 23.8 Å². The van der Waals surface area contributed by atoms with Gasteiger partial charge < -0.3 is 9.80 Å². The first-order valence-electron chi connectivity index (χ1n) is 10.5. The number of nitrogens with zero attached hydrogens (tertiary/aromatic N) is 4. The zero-order chi connectivity index (χ0) is 23.4. The van der Waals surface area contributed by atoms with Crippen LogP contribution in [0.15, 0.2) is 71.8 Å². The van der Waals surface area contributed by atoms with Crippen molar-refractivity contribution in [3.05, 3.63) is 83.6 Å². The highest BCUT2D eigenvalue weighted by Crippen LogP contribution is 2.21. The predicted molar refractivity (Wildman–Crippen MR) is 125 cm³/mol. The average molecular weight is 462 g/mol. The van der Waals surface area contributed by atoms with Gasteiger partial charge in [0.2, 0.25) is 0 Å². The first-order chi connectivity index (χ1) is 15.9. The Morgan fingerprint density at radius 1 is 1.03 bits per heavy atom. The molecule has 1 aliphatic heterocycles. The van der Waals surface area contributed by atoms with E-state index < -0.39 is 10.0 Å². The molecule has 0 radical (unpaired) electrons. The molecule has 1 amide bonds. The highest BCUT2D eigenvalue weighted by molar-refractivity contribution is 7.92. The van der Waals surface area contributed by atoms with Gasteiger partial charge in [-0.05, 0) is 49.4 Å². The Morgan fingerprint density at radius 3 is 2.45 bits per heavy atom. The Hall–Kier alpha value is -3.90. The molecule has 0 saturated carbocycles. The summed E-state index contributed by atoms with van der Waals surface area (Å²) in [7, 11) is -3.83. The van der Waals surface area contributed by atoms with Gasteiger partial charge in [-0.15, -0.1) is 0 Å². The monoisotopic (exact) mass is 461 g/mol. The number of nitrogens with one attached hydrogen (secondary N) is 1. The fourth-order valence-electron chi connectivity index (χ4n) is 3.67. The van der Waals surface area contributed by atoms with Crippen molar-refractivity contribution in [3.8, 4) is 6.07 Å². The molecule has 168 valence electrons. The van der Waals surface area contributed by atoms with E-state index in [0.717, 1.165) is 5.56 Å². The van der Waals surface area contributed by atoms with Gasteiger partial charge in [0.1, 0.15) is 11.9 Å². The third-order valence-corrected chi connectivity index (χ3v) is 6.85. The number of hydrogen-bond donors (Lipinski definition) is 1. The van der Waals surface area contributed by atoms with E-state index in [1.165, 1.54) is 12.1 Å². The van der Waals surface area contributed by atoms with Crippen LogP contribution in [0.4, 0.5) is 11.5 Å². The van der Waals surface area contributed by atoms with Crippen molar-refractivity contribution in [2.24, 2.45) is 0 Å². The smallest absolute Gasteiger partial charge is 0.261 e. The average Bonchev–Trinajstić information content (AvgIpc) is 2.85. The van der Waals surface area contributed by atoms with Crippen molar-refractivity contribution in [3.63, 3.8) is 0 Å². The van der Waals surface area contributed by atoms with Crippen LogP contribution in [0.2, 0.25) is 0 Å². The molecule has 3 aromatic rings. The maximum absolute atomic E-state index is 13.1. The highest BCUT2D eigenvalue weighted by atomic mass is 32.2. The van der Waals surface area contributed by atoms with Crippen molar-refractivity contribution < 1.29 is 13.2 Å². The van der Waals surface area contributed by atoms with Crippen LogP contribution in [0.3, 0.4) is 0 Å². The maximum Gasteiger partial charge on any atom is 0.261 e. The van der Waals surface area contributed by atoms with E-state index in [4.69, 9.17) is 0 Å². The van der Waals surface area contributed by atoms with E-state index in [1.807, 2.05) is 24.0 Å². The molecule has 1 fully saturated rings. The Balaban J connectivity index is 1.46. The summed E-state index contributed by atoms with van der Waals surface area (Å²) in [5.41, 5.74) is 2.29. The van der Waals surface area contributed by atoms with E-state index in [9.17, 15) is 18.5 Å². The highest BCUT2D eigenvalue weighted by Gasteiger charge is 2.25. The number of rotatable bonds is 5. The SMILES string of the molecule is Cc1ccc(NS(=O)(=O)c2cccc(C(=O)N3CCN(c4ncccc4C#N)CC3)c2)cc1. The number of sulfonamides is 1. The van der Waals surface area contributed by atoms with E-state index >= 15 is 0 Å². The summed E-state index contributed by atoms with van der Waals surface area (Å²) in [5.74, 6) is 0.380. The number of pyridine rings is 1. The quantitative estimate of drug-likeness (QED) is 0.626. The van der Waals surface area contributed by atoms with Crippen molar-refractivity contribution in [2.45, 2.75) is 11.8 Å². The first-order valence-corrected chi connectivity index (χ1v) is 11.9. The summed E-state index contributed by atoms with van der Waals surface area (Å²) in [4.78, 5) is 21.1. The molecule has 1 aliphatic rings. The summed E-state index contributed by atoms with van der Waals surface area (Å²) >= 11 is 0. The molecule has 1 saturated heterocycles. The number of nitriles is 1. The van der Waals surface area contributed by atoms with E-state index in [2.05, 4.69) is 15.8 Å². The Morgan fingerprint density at radius 2 is 1.76 bits per heavy atom. The lowest BCUT2D eigenvalue weighted by molar-refractivity contribution is 0.0746. The standard InChI is InChI=1S/C24H23N5O3S/c1-18-7-9-21(10-8-18)27-33(31,32)22-6-2-4-19(16-22)24(30)29-14-12-28(13-15-29)23-20(17-25)5-3-11-26-23/h2-11,16,27H,12-15H2,1H3. The van der Waals surface area contributed by atoms with Gasteiger partial charge in [0.25, 0.3) is 15.9 Å². The lowest BCUT2D eigenvalue weighted by atomic mass is 10.1. The molecule has 1 N–H and O–H groups in total. The second-order valence-corrected chi connectivity index (χ2v) is 9.45. The molecule has 2 aromatic carbocycles. The van der Waals surface area contributed by atoms with Crippen molar-refractivity contribution in [1.29, 1.82) is 5.26 Å². The van der Waals surface area contributed by atoms with Crippen molar-refractivity contribution >= 4 is 27.4 Å². The molecule has 0 aliphatic carbocycles. The van der Waals surface area contributed by atoms with Crippen molar-refractivity contribution in [2.75, 3.05) is 35.8 Å². The summed E-state index contributed by atoms with van der Waals surface area (Å²) < 4.78 is 28.2. The van der Waals surface area contributed by atoms with Gasteiger partial charge >= 0.3 is 0 Å². The van der Waals surface area contributed by atoms with Crippen LogP contribution in [0.1, 0.15) is 21.5 Å². The number of hydrogen-bond acceptors (Lipinski definition) is 6. The van der Waals surface area contributed by atoms with Gasteiger partial charge in [-0.2, -0.15) is 5.26 Å². The maximum atomic E-state index is 13.1. The minimum absolute atomic E-state index is 0.0275. The summed E-state index contributed by atoms with van der Waals surface area (Å²) in [5, 5.41) is 9.30. The minimum Gasteiger partial charge on any atom is -0.352 e. The molecule has 8 nitrogen and oxygen atoms in total. The molecular weight excluding hydrogens is 438 g/mol. The van der Waals surface area contributed by atoms with Crippen LogP contribution < -0.4 is 9.62 Å². The van der Waals surface area contributed by atoms with Crippen molar-refractivity contribution in [1.82, 2.24) is 9.88 Å². The van der Waals surface area contributed by atoms with Gasteiger partial charge in [-0.25, -0.2) is 13.4 Å². The van der Waals surface area contributed by atoms with Crippen LogP contribution >= 0.6 is 0 Å². The third-order valence-electron chi connectivity index (χ3n) is 5.47. The molecule has 2 heterocycles. The zero-order valence-electron chi connectivity index (χ0n) is 18.1. The molecule has 0 spiro atoms. The number of carbonyl (C=O) groups excluding carboxylic acids is 1. The molecule has 9 heteroatoms. The number of piperazine rings is 1. The molecule has 33 heavy (non-hydrogen) atoms. The van der Waals surface area contributed by atoms with E-state index in [-0.39, 0.29) is 10.8 Å². The first kappa shape index (κ1) is 22.3. The Kier molecular flexibility index (Phi) is 6.29. The van der Waals surface area contributed by atoms with Crippen LogP contribution in [0.25, 0.3) is 0 Å². The van der Waals surface area contributed by atoms with Gasteiger partial charge in [0, 0.05) is 43.6 Å². The molecule has 4 rings (SSSR count). The topological polar surface area (TPSA) is 106 Å². The number of aryl methyl sites for hydroxylation is 1. The fraction of sp³-hybridized carbons (Fsp3) is 0.208. The number of amides is 1. The minimum atomic E-state index is -3.83. The van der Waals surface area contributed by atoms with Gasteiger partial charge in [0.05, 0.1) is 10.5 Å². The van der Waals surface area contributed by atoms with Gasteiger partial charge in [-0.3, -0.25) is 9.52 Å². The number of aromatic nitrogens is 1. The number of anilines is 2. The second kappa shape index (κ2) is 9.30. The number of carbonyl (C=O) groups is 1. The van der Waals surface area contributed by atoms with Crippen LogP contribution in [0.5, 0.6) is 0 Å². The van der Waals surface area contributed by atoms with Crippen LogP contribution in [-0.2, 0) is 10.0 Å². The zero-order valence-corrected chi connectivity index (χ0v) is 18.9. The molecule has 0 atom stereocenters. The lowest BCUT2D eigenvalue weighted by Gasteiger charge is -2.35.